The lowest BCUT2D eigenvalue weighted by Gasteiger charge is -2.39. The average molecular weight is 269 g/mol. The molecular weight excluding hydrogens is 246 g/mol. The lowest BCUT2D eigenvalue weighted by molar-refractivity contribution is 0.0827. The van der Waals surface area contributed by atoms with Crippen molar-refractivity contribution in [2.24, 2.45) is 0 Å². The molecule has 102 valence electrons. The minimum Gasteiger partial charge on any atom is -0.374 e. The van der Waals surface area contributed by atoms with Gasteiger partial charge in [0.25, 0.3) is 0 Å². The van der Waals surface area contributed by atoms with Gasteiger partial charge in [-0.15, -0.1) is 5.10 Å². The van der Waals surface area contributed by atoms with Crippen molar-refractivity contribution in [3.05, 3.63) is 5.69 Å². The van der Waals surface area contributed by atoms with Gasteiger partial charge in [-0.05, 0) is 20.4 Å². The Hall–Kier alpha value is -0.720. The van der Waals surface area contributed by atoms with Gasteiger partial charge in [0, 0.05) is 50.3 Å². The van der Waals surface area contributed by atoms with Crippen LogP contribution in [0.1, 0.15) is 26.5 Å². The second kappa shape index (κ2) is 6.45. The third kappa shape index (κ3) is 3.18. The summed E-state index contributed by atoms with van der Waals surface area (Å²) in [5.41, 5.74) is 1.10. The highest BCUT2D eigenvalue weighted by Crippen LogP contribution is 2.20. The Labute approximate surface area is 113 Å². The second-order valence-electron chi connectivity index (χ2n) is 4.79. The van der Waals surface area contributed by atoms with Crippen LogP contribution in [-0.2, 0) is 6.54 Å². The smallest absolute Gasteiger partial charge is 0.134 e. The summed E-state index contributed by atoms with van der Waals surface area (Å²) in [5, 5.41) is 8.71. The van der Waals surface area contributed by atoms with Gasteiger partial charge in [-0.3, -0.25) is 9.80 Å². The van der Waals surface area contributed by atoms with Gasteiger partial charge in [-0.2, -0.15) is 0 Å². The molecule has 0 aromatic carbocycles. The Morgan fingerprint density at radius 3 is 2.89 bits per heavy atom. The van der Waals surface area contributed by atoms with Crippen molar-refractivity contribution in [1.29, 1.82) is 0 Å². The molecule has 1 fully saturated rings. The molecule has 18 heavy (non-hydrogen) atoms. The summed E-state index contributed by atoms with van der Waals surface area (Å²) in [4.78, 5) is 5.01. The zero-order chi connectivity index (χ0) is 13.0. The Morgan fingerprint density at radius 2 is 2.22 bits per heavy atom. The first kappa shape index (κ1) is 13.7. The van der Waals surface area contributed by atoms with Gasteiger partial charge in [0.05, 0.1) is 0 Å². The van der Waals surface area contributed by atoms with E-state index in [1.165, 1.54) is 11.5 Å². The van der Waals surface area contributed by atoms with Gasteiger partial charge < -0.3 is 5.32 Å². The van der Waals surface area contributed by atoms with Crippen LogP contribution < -0.4 is 5.32 Å². The lowest BCUT2D eigenvalue weighted by Crippen LogP contribution is -2.51. The summed E-state index contributed by atoms with van der Waals surface area (Å²) in [7, 11) is 0. The summed E-state index contributed by atoms with van der Waals surface area (Å²) in [6.45, 7) is 13.0. The monoisotopic (exact) mass is 269 g/mol. The number of anilines is 1. The van der Waals surface area contributed by atoms with Crippen LogP contribution in [0.5, 0.6) is 0 Å². The minimum absolute atomic E-state index is 0.637. The van der Waals surface area contributed by atoms with Crippen LogP contribution in [0.25, 0.3) is 0 Å². The Morgan fingerprint density at radius 1 is 1.39 bits per heavy atom. The Kier molecular flexibility index (Phi) is 4.91. The molecule has 5 nitrogen and oxygen atoms in total. The molecule has 6 heteroatoms. The van der Waals surface area contributed by atoms with E-state index in [2.05, 4.69) is 45.5 Å². The molecule has 0 saturated carbocycles. The molecule has 1 aromatic heterocycles. The molecule has 0 spiro atoms. The molecule has 0 bridgehead atoms. The highest BCUT2D eigenvalue weighted by Gasteiger charge is 2.23. The number of aromatic nitrogens is 2. The van der Waals surface area contributed by atoms with E-state index in [0.29, 0.717) is 6.04 Å². The first-order valence-electron chi connectivity index (χ1n) is 6.76. The molecule has 2 rings (SSSR count). The maximum atomic E-state index is 4.24. The van der Waals surface area contributed by atoms with Crippen LogP contribution in [0.2, 0.25) is 0 Å². The summed E-state index contributed by atoms with van der Waals surface area (Å²) in [6, 6.07) is 0.637. The predicted molar refractivity (Wildman–Crippen MR) is 76.1 cm³/mol. The average Bonchev–Trinajstić information content (AvgIpc) is 2.78. The maximum Gasteiger partial charge on any atom is 0.134 e. The molecule has 0 aliphatic carbocycles. The molecule has 1 aromatic rings. The zero-order valence-electron chi connectivity index (χ0n) is 11.5. The highest BCUT2D eigenvalue weighted by atomic mass is 32.1. The van der Waals surface area contributed by atoms with Crippen LogP contribution in [-0.4, -0.2) is 58.2 Å². The molecule has 2 heterocycles. The van der Waals surface area contributed by atoms with Crippen molar-refractivity contribution in [1.82, 2.24) is 19.4 Å². The van der Waals surface area contributed by atoms with Gasteiger partial charge in [-0.1, -0.05) is 11.4 Å². The summed E-state index contributed by atoms with van der Waals surface area (Å²) in [5.74, 6) is 0. The molecule has 1 N–H and O–H groups in total. The van der Waals surface area contributed by atoms with Crippen LogP contribution >= 0.6 is 11.5 Å². The first-order chi connectivity index (χ1) is 8.74. The zero-order valence-corrected chi connectivity index (χ0v) is 12.3. The van der Waals surface area contributed by atoms with Gasteiger partial charge in [0.15, 0.2) is 0 Å². The quantitative estimate of drug-likeness (QED) is 0.877. The van der Waals surface area contributed by atoms with E-state index in [0.717, 1.165) is 50.0 Å². The molecular formula is C12H23N5S. The van der Waals surface area contributed by atoms with E-state index in [1.54, 1.807) is 0 Å². The third-order valence-corrected chi connectivity index (χ3v) is 4.25. The fourth-order valence-corrected chi connectivity index (χ4v) is 3.14. The van der Waals surface area contributed by atoms with Gasteiger partial charge in [0.2, 0.25) is 0 Å². The second-order valence-corrected chi connectivity index (χ2v) is 5.55. The summed E-state index contributed by atoms with van der Waals surface area (Å²) < 4.78 is 4.05. The number of nitrogens with one attached hydrogen (secondary N) is 1. The molecule has 1 aliphatic heterocycles. The number of hydrogen-bond donors (Lipinski definition) is 1. The van der Waals surface area contributed by atoms with Crippen molar-refractivity contribution in [3.8, 4) is 0 Å². The van der Waals surface area contributed by atoms with E-state index >= 15 is 0 Å². The maximum absolute atomic E-state index is 4.24. The highest BCUT2D eigenvalue weighted by molar-refractivity contribution is 7.10. The van der Waals surface area contributed by atoms with Crippen molar-refractivity contribution < 1.29 is 0 Å². The molecule has 0 radical (unpaired) electrons. The lowest BCUT2D eigenvalue weighted by atomic mass is 10.2. The van der Waals surface area contributed by atoms with E-state index in [9.17, 15) is 0 Å². The molecule has 1 atom stereocenters. The van der Waals surface area contributed by atoms with Crippen molar-refractivity contribution >= 4 is 16.5 Å². The fraction of sp³-hybridized carbons (Fsp3) is 0.833. The first-order valence-corrected chi connectivity index (χ1v) is 7.53. The summed E-state index contributed by atoms with van der Waals surface area (Å²) >= 11 is 1.46. The van der Waals surface area contributed by atoms with E-state index < -0.39 is 0 Å². The van der Waals surface area contributed by atoms with E-state index in [4.69, 9.17) is 0 Å². The predicted octanol–water partition coefficient (Wildman–Crippen LogP) is 1.50. The largest absolute Gasteiger partial charge is 0.374 e. The SMILES string of the molecule is CCNc1snnc1CN1CCN(CC)C(C)C1. The number of rotatable bonds is 5. The van der Waals surface area contributed by atoms with Crippen molar-refractivity contribution in [3.63, 3.8) is 0 Å². The topological polar surface area (TPSA) is 44.3 Å². The standard InChI is InChI=1S/C12H23N5S/c1-4-13-12-11(14-15-18-12)9-16-6-7-17(5-2)10(3)8-16/h10,13H,4-9H2,1-3H3. The van der Waals surface area contributed by atoms with Gasteiger partial charge in [0.1, 0.15) is 10.7 Å². The van der Waals surface area contributed by atoms with Crippen LogP contribution in [0, 0.1) is 0 Å². The Bertz CT molecular complexity index is 367. The van der Waals surface area contributed by atoms with Gasteiger partial charge >= 0.3 is 0 Å². The van der Waals surface area contributed by atoms with E-state index in [1.807, 2.05) is 0 Å². The van der Waals surface area contributed by atoms with Crippen molar-refractivity contribution in [2.75, 3.05) is 38.0 Å². The van der Waals surface area contributed by atoms with Crippen LogP contribution in [0.3, 0.4) is 0 Å². The van der Waals surface area contributed by atoms with Crippen molar-refractivity contribution in [2.45, 2.75) is 33.4 Å². The van der Waals surface area contributed by atoms with Crippen LogP contribution in [0.15, 0.2) is 0 Å². The molecule has 0 amide bonds. The van der Waals surface area contributed by atoms with Crippen LogP contribution in [0.4, 0.5) is 5.00 Å². The van der Waals surface area contributed by atoms with E-state index in [-0.39, 0.29) is 0 Å². The number of likely N-dealkylation sites (N-methyl/N-ethyl adjacent to an activating group) is 1. The Balaban J connectivity index is 1.92. The van der Waals surface area contributed by atoms with Gasteiger partial charge in [-0.25, -0.2) is 0 Å². The number of nitrogens with zero attached hydrogens (tertiary/aromatic N) is 4. The number of hydrogen-bond acceptors (Lipinski definition) is 6. The third-order valence-electron chi connectivity index (χ3n) is 3.52. The molecule has 1 aliphatic rings. The summed E-state index contributed by atoms with van der Waals surface area (Å²) in [6.07, 6.45) is 0. The normalized spacial score (nSPS) is 22.3. The fourth-order valence-electron chi connectivity index (χ4n) is 2.50. The minimum atomic E-state index is 0.637. The molecule has 1 unspecified atom stereocenters. The number of piperazine rings is 1. The molecule has 1 saturated heterocycles.